The van der Waals surface area contributed by atoms with Crippen molar-refractivity contribution in [1.29, 1.82) is 0 Å². The maximum atomic E-state index is 13.6. The number of carbonyl (C=O) groups excluding carboxylic acids is 1. The lowest BCUT2D eigenvalue weighted by atomic mass is 9.78. The number of anilines is 2. The van der Waals surface area contributed by atoms with Gasteiger partial charge < -0.3 is 19.9 Å². The van der Waals surface area contributed by atoms with Crippen molar-refractivity contribution in [2.24, 2.45) is 5.92 Å². The lowest BCUT2D eigenvalue weighted by Gasteiger charge is -2.44. The van der Waals surface area contributed by atoms with E-state index in [4.69, 9.17) is 16.3 Å². The normalized spacial score (nSPS) is 22.7. The number of halogens is 1. The highest BCUT2D eigenvalue weighted by Crippen LogP contribution is 2.37. The molecule has 1 aliphatic carbocycles. The van der Waals surface area contributed by atoms with E-state index in [9.17, 15) is 4.79 Å². The fourth-order valence-electron chi connectivity index (χ4n) is 6.49. The molecule has 3 fully saturated rings. The van der Waals surface area contributed by atoms with Crippen molar-refractivity contribution in [2.75, 3.05) is 32.0 Å². The molecule has 2 aliphatic heterocycles. The molecule has 200 valence electrons. The second kappa shape index (κ2) is 11.1. The van der Waals surface area contributed by atoms with Crippen LogP contribution in [0.15, 0.2) is 42.7 Å². The number of benzene rings is 2. The minimum absolute atomic E-state index is 0.0550. The van der Waals surface area contributed by atoms with Gasteiger partial charge in [0.2, 0.25) is 0 Å². The van der Waals surface area contributed by atoms with Crippen LogP contribution in [0.3, 0.4) is 0 Å². The van der Waals surface area contributed by atoms with Gasteiger partial charge >= 0.3 is 0 Å². The first kappa shape index (κ1) is 25.4. The molecule has 2 atom stereocenters. The first-order valence-corrected chi connectivity index (χ1v) is 14.4. The average molecular weight is 534 g/mol. The van der Waals surface area contributed by atoms with E-state index in [1.54, 1.807) is 6.33 Å². The maximum absolute atomic E-state index is 13.6. The van der Waals surface area contributed by atoms with E-state index < -0.39 is 0 Å². The second-order valence-corrected chi connectivity index (χ2v) is 11.5. The molecule has 0 spiro atoms. The van der Waals surface area contributed by atoms with Gasteiger partial charge in [-0.25, -0.2) is 9.97 Å². The Kier molecular flexibility index (Phi) is 7.39. The number of hydrogen-bond acceptors (Lipinski definition) is 6. The van der Waals surface area contributed by atoms with Gasteiger partial charge in [0.25, 0.3) is 5.91 Å². The van der Waals surface area contributed by atoms with E-state index in [0.29, 0.717) is 28.4 Å². The smallest absolute Gasteiger partial charge is 0.255 e. The number of fused-ring (bicyclic) bond motifs is 2. The third-order valence-electron chi connectivity index (χ3n) is 8.55. The summed E-state index contributed by atoms with van der Waals surface area (Å²) in [6.07, 6.45) is 10.9. The molecular weight excluding hydrogens is 498 g/mol. The number of aromatic nitrogens is 2. The number of nitrogens with one attached hydrogen (secondary N) is 1. The fourth-order valence-corrected chi connectivity index (χ4v) is 6.75. The molecule has 1 amide bonds. The Hall–Kier alpha value is -2.90. The number of hydrogen-bond donors (Lipinski definition) is 1. The van der Waals surface area contributed by atoms with Gasteiger partial charge in [0.1, 0.15) is 24.0 Å². The highest BCUT2D eigenvalue weighted by atomic mass is 35.5. The number of carbonyl (C=O) groups is 1. The number of rotatable bonds is 5. The van der Waals surface area contributed by atoms with Crippen LogP contribution in [0.5, 0.6) is 5.75 Å². The first-order chi connectivity index (χ1) is 18.6. The topological polar surface area (TPSA) is 70.6 Å². The molecule has 2 aromatic carbocycles. The molecule has 1 N–H and O–H groups in total. The summed E-state index contributed by atoms with van der Waals surface area (Å²) < 4.78 is 6.46. The predicted molar refractivity (Wildman–Crippen MR) is 151 cm³/mol. The number of amides is 1. The molecule has 7 nitrogen and oxygen atoms in total. The molecule has 38 heavy (non-hydrogen) atoms. The zero-order valence-corrected chi connectivity index (χ0v) is 22.8. The Morgan fingerprint density at radius 2 is 1.82 bits per heavy atom. The minimum Gasteiger partial charge on any atom is -0.489 e. The van der Waals surface area contributed by atoms with Crippen LogP contribution in [-0.4, -0.2) is 64.5 Å². The van der Waals surface area contributed by atoms with Crippen molar-refractivity contribution < 1.29 is 9.53 Å². The van der Waals surface area contributed by atoms with E-state index in [0.717, 1.165) is 67.7 Å². The van der Waals surface area contributed by atoms with Crippen molar-refractivity contribution in [1.82, 2.24) is 19.8 Å². The summed E-state index contributed by atoms with van der Waals surface area (Å²) in [4.78, 5) is 27.0. The molecular formula is C30H36ClN5O2. The van der Waals surface area contributed by atoms with Gasteiger partial charge in [-0.3, -0.25) is 4.79 Å². The standard InChI is InChI=1S/C30H36ClN5O2/c1-35-16-13-22(14-17-35)38-27-10-4-8-25-28(27)29(33-19-32-25)34-21-11-12-23(24(31)18-21)30(37)36-15-5-7-20-6-2-3-9-26(20)36/h4,8,10-12,18-20,22,26H,2-3,5-7,9,13-17H2,1H3,(H,32,33,34). The summed E-state index contributed by atoms with van der Waals surface area (Å²) in [7, 11) is 2.15. The van der Waals surface area contributed by atoms with Crippen LogP contribution in [0, 0.1) is 5.92 Å². The fraction of sp³-hybridized carbons (Fsp3) is 0.500. The van der Waals surface area contributed by atoms with E-state index in [1.165, 1.54) is 25.7 Å². The average Bonchev–Trinajstić information content (AvgIpc) is 2.94. The van der Waals surface area contributed by atoms with E-state index in [1.807, 2.05) is 36.4 Å². The van der Waals surface area contributed by atoms with Crippen LogP contribution in [0.25, 0.3) is 10.9 Å². The Balaban J connectivity index is 1.23. The molecule has 0 radical (unpaired) electrons. The molecule has 8 heteroatoms. The third-order valence-corrected chi connectivity index (χ3v) is 8.86. The summed E-state index contributed by atoms with van der Waals surface area (Å²) in [5, 5.41) is 4.72. The zero-order valence-electron chi connectivity index (χ0n) is 22.0. The highest BCUT2D eigenvalue weighted by molar-refractivity contribution is 6.34. The van der Waals surface area contributed by atoms with Gasteiger partial charge in [-0.05, 0) is 81.8 Å². The Morgan fingerprint density at radius 1 is 1.00 bits per heavy atom. The van der Waals surface area contributed by atoms with Gasteiger partial charge in [0, 0.05) is 31.4 Å². The van der Waals surface area contributed by atoms with Crippen LogP contribution >= 0.6 is 11.6 Å². The molecule has 0 bridgehead atoms. The Bertz CT molecular complexity index is 1300. The third kappa shape index (κ3) is 5.19. The van der Waals surface area contributed by atoms with Crippen molar-refractivity contribution in [3.8, 4) is 5.75 Å². The van der Waals surface area contributed by atoms with Crippen molar-refractivity contribution in [3.63, 3.8) is 0 Å². The summed E-state index contributed by atoms with van der Waals surface area (Å²) in [5.41, 5.74) is 2.16. The summed E-state index contributed by atoms with van der Waals surface area (Å²) >= 11 is 6.73. The quantitative estimate of drug-likeness (QED) is 0.415. The monoisotopic (exact) mass is 533 g/mol. The molecule has 6 rings (SSSR count). The lowest BCUT2D eigenvalue weighted by molar-refractivity contribution is 0.0391. The second-order valence-electron chi connectivity index (χ2n) is 11.1. The van der Waals surface area contributed by atoms with Crippen LogP contribution in [0.2, 0.25) is 5.02 Å². The van der Waals surface area contributed by atoms with E-state index in [-0.39, 0.29) is 12.0 Å². The Labute approximate surface area is 229 Å². The number of nitrogens with zero attached hydrogens (tertiary/aromatic N) is 4. The molecule has 1 saturated carbocycles. The minimum atomic E-state index is 0.0550. The maximum Gasteiger partial charge on any atom is 0.255 e. The van der Waals surface area contributed by atoms with Gasteiger partial charge in [-0.1, -0.05) is 30.5 Å². The van der Waals surface area contributed by atoms with Gasteiger partial charge in [0.15, 0.2) is 0 Å². The highest BCUT2D eigenvalue weighted by Gasteiger charge is 2.36. The van der Waals surface area contributed by atoms with Crippen LogP contribution in [0.1, 0.15) is 61.7 Å². The largest absolute Gasteiger partial charge is 0.489 e. The van der Waals surface area contributed by atoms with Crippen LogP contribution < -0.4 is 10.1 Å². The summed E-state index contributed by atoms with van der Waals surface area (Å²) in [6.45, 7) is 2.88. The van der Waals surface area contributed by atoms with Gasteiger partial charge in [-0.2, -0.15) is 0 Å². The number of piperidine rings is 2. The molecule has 3 aliphatic rings. The van der Waals surface area contributed by atoms with Crippen LogP contribution in [-0.2, 0) is 0 Å². The van der Waals surface area contributed by atoms with Gasteiger partial charge in [-0.15, -0.1) is 0 Å². The summed E-state index contributed by atoms with van der Waals surface area (Å²) in [6, 6.07) is 11.9. The van der Waals surface area contributed by atoms with E-state index in [2.05, 4.69) is 32.1 Å². The first-order valence-electron chi connectivity index (χ1n) is 14.0. The molecule has 2 saturated heterocycles. The number of likely N-dealkylation sites (tertiary alicyclic amines) is 2. The zero-order chi connectivity index (χ0) is 26.1. The van der Waals surface area contributed by atoms with Crippen molar-refractivity contribution in [2.45, 2.75) is 63.5 Å². The van der Waals surface area contributed by atoms with Crippen LogP contribution in [0.4, 0.5) is 11.5 Å². The summed E-state index contributed by atoms with van der Waals surface area (Å²) in [5.74, 6) is 2.14. The van der Waals surface area contributed by atoms with Crippen molar-refractivity contribution >= 4 is 39.9 Å². The lowest BCUT2D eigenvalue weighted by Crippen LogP contribution is -2.49. The predicted octanol–water partition coefficient (Wildman–Crippen LogP) is 6.29. The Morgan fingerprint density at radius 3 is 2.66 bits per heavy atom. The molecule has 2 unspecified atom stereocenters. The molecule has 3 heterocycles. The number of ether oxygens (including phenoxy) is 1. The molecule has 1 aromatic heterocycles. The SMILES string of the molecule is CN1CCC(Oc2cccc3ncnc(Nc4ccc(C(=O)N5CCCC6CCCCC65)c(Cl)c4)c23)CC1. The molecule has 3 aromatic rings. The van der Waals surface area contributed by atoms with Gasteiger partial charge in [0.05, 0.1) is 21.5 Å². The van der Waals surface area contributed by atoms with E-state index >= 15 is 0 Å². The van der Waals surface area contributed by atoms with Crippen molar-refractivity contribution in [3.05, 3.63) is 53.3 Å².